The van der Waals surface area contributed by atoms with Gasteiger partial charge in [-0.3, -0.25) is 9.80 Å². The first-order valence-corrected chi connectivity index (χ1v) is 8.61. The van der Waals surface area contributed by atoms with Crippen LogP contribution in [0.15, 0.2) is 10.5 Å². The van der Waals surface area contributed by atoms with Gasteiger partial charge < -0.3 is 5.73 Å². The largest absolute Gasteiger partial charge is 0.329 e. The summed E-state index contributed by atoms with van der Waals surface area (Å²) in [5, 5.41) is 0. The van der Waals surface area contributed by atoms with E-state index >= 15 is 0 Å². The number of aryl methyl sites for hydroxylation is 1. The van der Waals surface area contributed by atoms with Crippen LogP contribution in [0.25, 0.3) is 0 Å². The van der Waals surface area contributed by atoms with E-state index in [1.165, 1.54) is 14.2 Å². The van der Waals surface area contributed by atoms with Crippen LogP contribution in [0.3, 0.4) is 0 Å². The predicted molar refractivity (Wildman–Crippen MR) is 86.8 cm³/mol. The standard InChI is InChI=1S/C14H24BrN3S/c1-4-17-5-6-18(9-10(17)2)13(8-16)14-7-12(15)11(3)19-14/h7,10,13H,4-6,8-9,16H2,1-3H3. The molecule has 2 heterocycles. The molecule has 0 radical (unpaired) electrons. The van der Waals surface area contributed by atoms with Crippen molar-refractivity contribution in [2.75, 3.05) is 32.7 Å². The molecular formula is C14H24BrN3S. The third-order valence-electron chi connectivity index (χ3n) is 4.07. The minimum absolute atomic E-state index is 0.372. The molecule has 19 heavy (non-hydrogen) atoms. The van der Waals surface area contributed by atoms with E-state index < -0.39 is 0 Å². The van der Waals surface area contributed by atoms with Gasteiger partial charge in [-0.25, -0.2) is 0 Å². The average molecular weight is 346 g/mol. The maximum absolute atomic E-state index is 6.04. The second-order valence-corrected chi connectivity index (χ2v) is 7.42. The van der Waals surface area contributed by atoms with Crippen LogP contribution in [0.4, 0.5) is 0 Å². The minimum Gasteiger partial charge on any atom is -0.329 e. The summed E-state index contributed by atoms with van der Waals surface area (Å²) in [6, 6.07) is 3.24. The summed E-state index contributed by atoms with van der Waals surface area (Å²) in [6.07, 6.45) is 0. The first kappa shape index (κ1) is 15.4. The van der Waals surface area contributed by atoms with Crippen molar-refractivity contribution < 1.29 is 0 Å². The van der Waals surface area contributed by atoms with Gasteiger partial charge in [0, 0.05) is 46.4 Å². The molecule has 108 valence electrons. The van der Waals surface area contributed by atoms with Crippen molar-refractivity contribution in [3.63, 3.8) is 0 Å². The smallest absolute Gasteiger partial charge is 0.0565 e. The molecule has 0 aliphatic carbocycles. The Hall–Kier alpha value is 0.0600. The Labute approximate surface area is 128 Å². The third-order valence-corrected chi connectivity index (χ3v) is 6.31. The molecular weight excluding hydrogens is 322 g/mol. The molecule has 1 aliphatic heterocycles. The van der Waals surface area contributed by atoms with Gasteiger partial charge >= 0.3 is 0 Å². The van der Waals surface area contributed by atoms with Crippen molar-refractivity contribution in [1.82, 2.24) is 9.80 Å². The normalized spacial score (nSPS) is 23.7. The summed E-state index contributed by atoms with van der Waals surface area (Å²) in [7, 11) is 0. The molecule has 5 heteroatoms. The van der Waals surface area contributed by atoms with Gasteiger partial charge in [-0.15, -0.1) is 11.3 Å². The van der Waals surface area contributed by atoms with Crippen molar-refractivity contribution in [1.29, 1.82) is 0 Å². The number of thiophene rings is 1. The van der Waals surface area contributed by atoms with E-state index in [0.29, 0.717) is 18.6 Å². The van der Waals surface area contributed by atoms with E-state index in [1.807, 2.05) is 11.3 Å². The van der Waals surface area contributed by atoms with Gasteiger partial charge in [0.1, 0.15) is 0 Å². The first-order valence-electron chi connectivity index (χ1n) is 7.00. The molecule has 1 aliphatic rings. The van der Waals surface area contributed by atoms with Crippen LogP contribution in [-0.4, -0.2) is 48.6 Å². The van der Waals surface area contributed by atoms with Gasteiger partial charge in [0.15, 0.2) is 0 Å². The molecule has 2 N–H and O–H groups in total. The molecule has 0 aromatic carbocycles. The van der Waals surface area contributed by atoms with E-state index in [-0.39, 0.29) is 0 Å². The molecule has 2 unspecified atom stereocenters. The molecule has 1 aromatic rings. The second kappa shape index (κ2) is 6.68. The van der Waals surface area contributed by atoms with Gasteiger partial charge in [0.05, 0.1) is 6.04 Å². The Balaban J connectivity index is 2.10. The Morgan fingerprint density at radius 3 is 2.74 bits per heavy atom. The predicted octanol–water partition coefficient (Wildman–Crippen LogP) is 2.84. The molecule has 0 saturated carbocycles. The molecule has 2 atom stereocenters. The zero-order chi connectivity index (χ0) is 14.0. The highest BCUT2D eigenvalue weighted by atomic mass is 79.9. The van der Waals surface area contributed by atoms with Crippen LogP contribution in [0, 0.1) is 6.92 Å². The lowest BCUT2D eigenvalue weighted by atomic mass is 10.1. The molecule has 1 aromatic heterocycles. The number of likely N-dealkylation sites (N-methyl/N-ethyl adjacent to an activating group) is 1. The van der Waals surface area contributed by atoms with Crippen molar-refractivity contribution in [2.24, 2.45) is 5.73 Å². The summed E-state index contributed by atoms with van der Waals surface area (Å²) < 4.78 is 1.21. The van der Waals surface area contributed by atoms with Crippen LogP contribution in [0.1, 0.15) is 29.6 Å². The molecule has 0 amide bonds. The maximum Gasteiger partial charge on any atom is 0.0565 e. The zero-order valence-corrected chi connectivity index (χ0v) is 14.4. The van der Waals surface area contributed by atoms with E-state index in [1.54, 1.807) is 0 Å². The Morgan fingerprint density at radius 2 is 2.26 bits per heavy atom. The lowest BCUT2D eigenvalue weighted by Crippen LogP contribution is -2.53. The maximum atomic E-state index is 6.04. The van der Waals surface area contributed by atoms with Crippen LogP contribution in [0.2, 0.25) is 0 Å². The molecule has 1 fully saturated rings. The number of hydrogen-bond acceptors (Lipinski definition) is 4. The summed E-state index contributed by atoms with van der Waals surface area (Å²) in [6.45, 7) is 11.9. The highest BCUT2D eigenvalue weighted by Gasteiger charge is 2.28. The fraction of sp³-hybridized carbons (Fsp3) is 0.714. The van der Waals surface area contributed by atoms with Gasteiger partial charge in [0.25, 0.3) is 0 Å². The Bertz CT molecular complexity index is 401. The molecule has 3 nitrogen and oxygen atoms in total. The fourth-order valence-electron chi connectivity index (χ4n) is 2.87. The van der Waals surface area contributed by atoms with Crippen molar-refractivity contribution in [2.45, 2.75) is 32.9 Å². The Kier molecular flexibility index (Phi) is 5.43. The molecule has 0 bridgehead atoms. The lowest BCUT2D eigenvalue weighted by Gasteiger charge is -2.42. The SMILES string of the molecule is CCN1CCN(C(CN)c2cc(Br)c(C)s2)CC1C. The summed E-state index contributed by atoms with van der Waals surface area (Å²) in [5.41, 5.74) is 6.04. The summed E-state index contributed by atoms with van der Waals surface area (Å²) in [4.78, 5) is 7.83. The lowest BCUT2D eigenvalue weighted by molar-refractivity contribution is 0.0616. The van der Waals surface area contributed by atoms with Gasteiger partial charge in [-0.1, -0.05) is 6.92 Å². The second-order valence-electron chi connectivity index (χ2n) is 5.28. The van der Waals surface area contributed by atoms with Gasteiger partial charge in [-0.05, 0) is 42.4 Å². The zero-order valence-electron chi connectivity index (χ0n) is 12.0. The quantitative estimate of drug-likeness (QED) is 0.910. The van der Waals surface area contributed by atoms with Crippen LogP contribution in [0.5, 0.6) is 0 Å². The number of halogens is 1. The van der Waals surface area contributed by atoms with Crippen LogP contribution >= 0.6 is 27.3 Å². The van der Waals surface area contributed by atoms with E-state index in [0.717, 1.165) is 26.2 Å². The number of piperazine rings is 1. The van der Waals surface area contributed by atoms with Crippen LogP contribution < -0.4 is 5.73 Å². The number of nitrogens with zero attached hydrogens (tertiary/aromatic N) is 2. The van der Waals surface area contributed by atoms with Crippen LogP contribution in [-0.2, 0) is 0 Å². The minimum atomic E-state index is 0.372. The van der Waals surface area contributed by atoms with E-state index in [4.69, 9.17) is 5.73 Å². The summed E-state index contributed by atoms with van der Waals surface area (Å²) >= 11 is 5.48. The fourth-order valence-corrected chi connectivity index (χ4v) is 4.58. The topological polar surface area (TPSA) is 32.5 Å². The average Bonchev–Trinajstić information content (AvgIpc) is 2.70. The third kappa shape index (κ3) is 3.39. The van der Waals surface area contributed by atoms with Crippen molar-refractivity contribution in [3.8, 4) is 0 Å². The monoisotopic (exact) mass is 345 g/mol. The summed E-state index contributed by atoms with van der Waals surface area (Å²) in [5.74, 6) is 0. The molecule has 2 rings (SSSR count). The molecule has 1 saturated heterocycles. The number of rotatable bonds is 4. The highest BCUT2D eigenvalue weighted by Crippen LogP contribution is 2.33. The number of nitrogens with two attached hydrogens (primary N) is 1. The Morgan fingerprint density at radius 1 is 1.53 bits per heavy atom. The molecule has 0 spiro atoms. The van der Waals surface area contributed by atoms with E-state index in [9.17, 15) is 0 Å². The number of hydrogen-bond donors (Lipinski definition) is 1. The highest BCUT2D eigenvalue weighted by molar-refractivity contribution is 9.10. The first-order chi connectivity index (χ1) is 9.06. The van der Waals surface area contributed by atoms with Gasteiger partial charge in [-0.2, -0.15) is 0 Å². The van der Waals surface area contributed by atoms with Crippen molar-refractivity contribution in [3.05, 3.63) is 20.3 Å². The van der Waals surface area contributed by atoms with Gasteiger partial charge in [0.2, 0.25) is 0 Å². The van der Waals surface area contributed by atoms with E-state index in [2.05, 4.69) is 52.6 Å². The van der Waals surface area contributed by atoms with Crippen molar-refractivity contribution >= 4 is 27.3 Å².